The fourth-order valence-corrected chi connectivity index (χ4v) is 4.16. The standard InChI is InChI=1S/C21H20N4O3.C14H20N2O3/c22-18-5-1-2-6-19(18)25-20(26)17-9-7-15(8-10-17)13-24-21(27)28-14-16-4-3-11-23-12-16;17-13(15-12-8-4-3-5-9-12)10-6-1-2-7-11-14(18)16-19/h1-12H,13-14,22H2,(H,24,27)(H,25,26);3-5,8-9,19H,1-2,6-7,10-11H2,(H,15,17)(H,16,18). The average Bonchev–Trinajstić information content (AvgIpc) is 3.10. The van der Waals surface area contributed by atoms with Crippen LogP contribution < -0.4 is 27.2 Å². The van der Waals surface area contributed by atoms with E-state index < -0.39 is 6.09 Å². The van der Waals surface area contributed by atoms with E-state index in [1.54, 1.807) is 72.5 Å². The van der Waals surface area contributed by atoms with E-state index in [-0.39, 0.29) is 24.3 Å². The van der Waals surface area contributed by atoms with E-state index in [9.17, 15) is 19.2 Å². The summed E-state index contributed by atoms with van der Waals surface area (Å²) in [7, 11) is 0. The van der Waals surface area contributed by atoms with E-state index in [2.05, 4.69) is 20.9 Å². The molecule has 0 fully saturated rings. The number of nitrogens with two attached hydrogens (primary N) is 1. The third-order valence-corrected chi connectivity index (χ3v) is 6.69. The molecule has 0 saturated carbocycles. The van der Waals surface area contributed by atoms with Gasteiger partial charge in [0.05, 0.1) is 11.4 Å². The molecule has 0 aliphatic carbocycles. The average molecular weight is 641 g/mol. The molecule has 0 bridgehead atoms. The maximum absolute atomic E-state index is 12.3. The number of aromatic nitrogens is 1. The summed E-state index contributed by atoms with van der Waals surface area (Å²) in [5, 5.41) is 16.6. The predicted molar refractivity (Wildman–Crippen MR) is 179 cm³/mol. The first kappa shape index (κ1) is 35.7. The minimum atomic E-state index is -0.523. The van der Waals surface area contributed by atoms with Crippen molar-refractivity contribution in [3.8, 4) is 0 Å². The minimum Gasteiger partial charge on any atom is -0.445 e. The van der Waals surface area contributed by atoms with E-state index in [0.717, 1.165) is 42.5 Å². The van der Waals surface area contributed by atoms with E-state index in [4.69, 9.17) is 15.7 Å². The van der Waals surface area contributed by atoms with Crippen LogP contribution in [0.15, 0.2) is 103 Å². The summed E-state index contributed by atoms with van der Waals surface area (Å²) in [6.45, 7) is 0.445. The first-order valence-electron chi connectivity index (χ1n) is 15.2. The zero-order chi connectivity index (χ0) is 33.7. The van der Waals surface area contributed by atoms with Gasteiger partial charge in [0.1, 0.15) is 6.61 Å². The van der Waals surface area contributed by atoms with Crippen LogP contribution in [0.2, 0.25) is 0 Å². The first-order valence-corrected chi connectivity index (χ1v) is 15.2. The monoisotopic (exact) mass is 640 g/mol. The van der Waals surface area contributed by atoms with Crippen molar-refractivity contribution in [3.63, 3.8) is 0 Å². The molecular formula is C35H40N6O6. The SMILES string of the molecule is Nc1ccccc1NC(=O)c1ccc(CNC(=O)OCc2cccnc2)cc1.O=C(CCCCCCC(=O)Nc1ccccc1)NO. The van der Waals surface area contributed by atoms with Gasteiger partial charge >= 0.3 is 6.09 Å². The predicted octanol–water partition coefficient (Wildman–Crippen LogP) is 5.81. The number of alkyl carbamates (subject to hydrolysis) is 1. The molecule has 0 aliphatic heterocycles. The topological polar surface area (TPSA) is 185 Å². The number of rotatable bonds is 14. The lowest BCUT2D eigenvalue weighted by Gasteiger charge is -2.09. The summed E-state index contributed by atoms with van der Waals surface area (Å²) in [6, 6.07) is 26.9. The number of carbonyl (C=O) groups is 4. The number of carbonyl (C=O) groups excluding carboxylic acids is 4. The molecule has 3 aromatic carbocycles. The molecule has 1 heterocycles. The highest BCUT2D eigenvalue weighted by atomic mass is 16.5. The molecule has 0 radical (unpaired) electrons. The second kappa shape index (κ2) is 20.3. The van der Waals surface area contributed by atoms with Crippen molar-refractivity contribution in [1.29, 1.82) is 0 Å². The Morgan fingerprint density at radius 1 is 0.723 bits per heavy atom. The molecule has 4 rings (SSSR count). The molecule has 0 spiro atoms. The Labute approximate surface area is 273 Å². The van der Waals surface area contributed by atoms with Crippen LogP contribution in [-0.4, -0.2) is 34.0 Å². The molecule has 12 nitrogen and oxygen atoms in total. The van der Waals surface area contributed by atoms with Gasteiger partial charge in [0, 0.05) is 48.6 Å². The van der Waals surface area contributed by atoms with E-state index in [0.29, 0.717) is 36.3 Å². The molecule has 4 aromatic rings. The lowest BCUT2D eigenvalue weighted by molar-refractivity contribution is -0.129. The Hall–Kier alpha value is -5.75. The zero-order valence-electron chi connectivity index (χ0n) is 26.0. The Kier molecular flexibility index (Phi) is 15.4. The second-order valence-corrected chi connectivity index (χ2v) is 10.4. The summed E-state index contributed by atoms with van der Waals surface area (Å²) in [4.78, 5) is 50.4. The van der Waals surface area contributed by atoms with Crippen LogP contribution in [0.1, 0.15) is 60.0 Å². The molecule has 4 amide bonds. The molecule has 7 N–H and O–H groups in total. The van der Waals surface area contributed by atoms with Crippen molar-refractivity contribution >= 4 is 40.9 Å². The number of nitrogen functional groups attached to an aromatic ring is 1. The van der Waals surface area contributed by atoms with Gasteiger partial charge in [0.25, 0.3) is 5.91 Å². The summed E-state index contributed by atoms with van der Waals surface area (Å²) >= 11 is 0. The smallest absolute Gasteiger partial charge is 0.407 e. The van der Waals surface area contributed by atoms with Crippen LogP contribution in [-0.2, 0) is 27.5 Å². The number of nitrogens with one attached hydrogen (secondary N) is 4. The van der Waals surface area contributed by atoms with Crippen molar-refractivity contribution in [2.45, 2.75) is 51.7 Å². The maximum atomic E-state index is 12.3. The fourth-order valence-electron chi connectivity index (χ4n) is 4.16. The van der Waals surface area contributed by atoms with Gasteiger partial charge in [-0.25, -0.2) is 10.3 Å². The van der Waals surface area contributed by atoms with E-state index >= 15 is 0 Å². The maximum Gasteiger partial charge on any atom is 0.407 e. The van der Waals surface area contributed by atoms with Crippen molar-refractivity contribution in [2.24, 2.45) is 0 Å². The summed E-state index contributed by atoms with van der Waals surface area (Å²) in [5.74, 6) is -0.602. The van der Waals surface area contributed by atoms with Crippen LogP contribution >= 0.6 is 0 Å². The third-order valence-electron chi connectivity index (χ3n) is 6.69. The lowest BCUT2D eigenvalue weighted by atomic mass is 10.1. The highest BCUT2D eigenvalue weighted by Gasteiger charge is 2.09. The number of nitrogens with zero attached hydrogens (tertiary/aromatic N) is 1. The number of ether oxygens (including phenoxy) is 1. The van der Waals surface area contributed by atoms with Crippen molar-refractivity contribution in [3.05, 3.63) is 120 Å². The molecule has 12 heteroatoms. The van der Waals surface area contributed by atoms with Crippen LogP contribution in [0, 0.1) is 0 Å². The second-order valence-electron chi connectivity index (χ2n) is 10.4. The Morgan fingerprint density at radius 2 is 1.40 bits per heavy atom. The van der Waals surface area contributed by atoms with Crippen LogP contribution in [0.3, 0.4) is 0 Å². The Morgan fingerprint density at radius 3 is 2.06 bits per heavy atom. The molecule has 0 unspecified atom stereocenters. The van der Waals surface area contributed by atoms with Gasteiger partial charge in [-0.2, -0.15) is 0 Å². The van der Waals surface area contributed by atoms with E-state index in [1.807, 2.05) is 36.4 Å². The molecule has 0 aliphatic rings. The van der Waals surface area contributed by atoms with Gasteiger partial charge in [-0.15, -0.1) is 0 Å². The minimum absolute atomic E-state index is 0.0132. The number of anilines is 3. The Bertz CT molecular complexity index is 1550. The van der Waals surface area contributed by atoms with Crippen molar-refractivity contribution < 1.29 is 29.1 Å². The Balaban J connectivity index is 0.000000277. The molecule has 246 valence electrons. The third kappa shape index (κ3) is 14.3. The van der Waals surface area contributed by atoms with Crippen molar-refractivity contribution in [2.75, 3.05) is 16.4 Å². The molecule has 0 saturated heterocycles. The van der Waals surface area contributed by atoms with Gasteiger partial charge in [0.2, 0.25) is 11.8 Å². The van der Waals surface area contributed by atoms with Gasteiger partial charge in [-0.1, -0.05) is 61.4 Å². The molecule has 1 aromatic heterocycles. The summed E-state index contributed by atoms with van der Waals surface area (Å²) < 4.78 is 5.12. The molecule has 0 atom stereocenters. The fraction of sp³-hybridized carbons (Fsp3) is 0.229. The highest BCUT2D eigenvalue weighted by molar-refractivity contribution is 6.05. The summed E-state index contributed by atoms with van der Waals surface area (Å²) in [6.07, 6.45) is 6.90. The van der Waals surface area contributed by atoms with Gasteiger partial charge in [-0.3, -0.25) is 24.6 Å². The molecule has 47 heavy (non-hydrogen) atoms. The number of hydrogen-bond acceptors (Lipinski definition) is 8. The highest BCUT2D eigenvalue weighted by Crippen LogP contribution is 2.18. The number of para-hydroxylation sites is 3. The first-order chi connectivity index (χ1) is 22.8. The summed E-state index contributed by atoms with van der Waals surface area (Å²) in [5.41, 5.74) is 11.5. The number of unbranched alkanes of at least 4 members (excludes halogenated alkanes) is 3. The number of hydroxylamine groups is 1. The number of benzene rings is 3. The van der Waals surface area contributed by atoms with Gasteiger partial charge < -0.3 is 26.4 Å². The zero-order valence-corrected chi connectivity index (χ0v) is 26.0. The van der Waals surface area contributed by atoms with Crippen LogP contribution in [0.25, 0.3) is 0 Å². The normalized spacial score (nSPS) is 10.1. The van der Waals surface area contributed by atoms with Crippen molar-refractivity contribution in [1.82, 2.24) is 15.8 Å². The van der Waals surface area contributed by atoms with Gasteiger partial charge in [-0.05, 0) is 60.9 Å². The quantitative estimate of drug-likeness (QED) is 0.0431. The van der Waals surface area contributed by atoms with Crippen LogP contribution in [0.4, 0.5) is 21.9 Å². The molecular weight excluding hydrogens is 600 g/mol. The van der Waals surface area contributed by atoms with Crippen LogP contribution in [0.5, 0.6) is 0 Å². The number of pyridine rings is 1. The lowest BCUT2D eigenvalue weighted by Crippen LogP contribution is -2.23. The number of amides is 4. The number of hydrogen-bond donors (Lipinski definition) is 6. The van der Waals surface area contributed by atoms with E-state index in [1.165, 1.54) is 0 Å². The largest absolute Gasteiger partial charge is 0.445 e. The van der Waals surface area contributed by atoms with Gasteiger partial charge in [0.15, 0.2) is 0 Å².